The Morgan fingerprint density at radius 3 is 2.33 bits per heavy atom. The number of nitrogens with one attached hydrogen (secondary N) is 3. The summed E-state index contributed by atoms with van der Waals surface area (Å²) in [7, 11) is -3.55. The van der Waals surface area contributed by atoms with Crippen molar-refractivity contribution in [3.8, 4) is 0 Å². The van der Waals surface area contributed by atoms with E-state index in [0.717, 1.165) is 50.5 Å². The number of fused-ring (bicyclic) bond motifs is 2. The van der Waals surface area contributed by atoms with E-state index in [9.17, 15) is 13.2 Å². The zero-order valence-corrected chi connectivity index (χ0v) is 19.9. The van der Waals surface area contributed by atoms with E-state index in [1.165, 1.54) is 0 Å². The summed E-state index contributed by atoms with van der Waals surface area (Å²) in [5.74, 6) is 0.669. The van der Waals surface area contributed by atoms with Crippen LogP contribution in [0.1, 0.15) is 63.4 Å². The van der Waals surface area contributed by atoms with Crippen LogP contribution in [0.5, 0.6) is 0 Å². The average Bonchev–Trinajstić information content (AvgIpc) is 2.81. The lowest BCUT2D eigenvalue weighted by Gasteiger charge is -2.12. The second-order valence-electron chi connectivity index (χ2n) is 8.26. The Bertz CT molecular complexity index is 981. The Morgan fingerprint density at radius 2 is 1.61 bits per heavy atom. The number of hydrogen-bond donors (Lipinski definition) is 3. The quantitative estimate of drug-likeness (QED) is 0.525. The maximum atomic E-state index is 12.5. The minimum atomic E-state index is -3.55. The fraction of sp³-hybridized carbons (Fsp3) is 0.522. The summed E-state index contributed by atoms with van der Waals surface area (Å²) >= 11 is 0. The number of carbonyl (C=O) groups is 1. The molecule has 0 saturated heterocycles. The normalized spacial score (nSPS) is 21.1. The Labute approximate surface area is 195 Å². The molecule has 1 aromatic heterocycles. The van der Waals surface area contributed by atoms with Crippen LogP contribution in [0.25, 0.3) is 0 Å². The van der Waals surface area contributed by atoms with E-state index in [4.69, 9.17) is 4.74 Å². The minimum Gasteiger partial charge on any atom is -0.450 e. The monoisotopic (exact) mass is 475 g/mol. The van der Waals surface area contributed by atoms with Crippen LogP contribution in [0.15, 0.2) is 41.6 Å². The lowest BCUT2D eigenvalue weighted by atomic mass is 9.99. The fourth-order valence-electron chi connectivity index (χ4n) is 3.54. The topological polar surface area (TPSA) is 122 Å². The largest absolute Gasteiger partial charge is 0.450 e. The minimum absolute atomic E-state index is 0.224. The Hall–Kier alpha value is -2.72. The van der Waals surface area contributed by atoms with E-state index < -0.39 is 10.0 Å². The van der Waals surface area contributed by atoms with E-state index in [1.54, 1.807) is 36.7 Å². The molecular weight excluding hydrogens is 442 g/mol. The summed E-state index contributed by atoms with van der Waals surface area (Å²) in [6.07, 6.45) is 9.30. The number of anilines is 2. The number of hydrogen-bond acceptors (Lipinski definition) is 7. The van der Waals surface area contributed by atoms with Crippen LogP contribution in [0.4, 0.5) is 16.4 Å². The van der Waals surface area contributed by atoms with Gasteiger partial charge in [0.2, 0.25) is 16.0 Å². The van der Waals surface area contributed by atoms with Gasteiger partial charge in [0.25, 0.3) is 0 Å². The van der Waals surface area contributed by atoms with Gasteiger partial charge in [-0.25, -0.2) is 27.9 Å². The van der Waals surface area contributed by atoms with Gasteiger partial charge < -0.3 is 15.4 Å². The highest BCUT2D eigenvalue weighted by Crippen LogP contribution is 2.21. The molecule has 0 fully saturated rings. The molecule has 3 aliphatic rings. The van der Waals surface area contributed by atoms with Crippen LogP contribution in [0.3, 0.4) is 0 Å². The first-order valence-electron chi connectivity index (χ1n) is 11.5. The fourth-order valence-corrected chi connectivity index (χ4v) is 4.61. The van der Waals surface area contributed by atoms with Crippen molar-refractivity contribution in [2.24, 2.45) is 0 Å². The third kappa shape index (κ3) is 8.29. The third-order valence-corrected chi connectivity index (χ3v) is 7.07. The molecule has 5 rings (SSSR count). The Balaban J connectivity index is 1.65. The second-order valence-corrected chi connectivity index (χ2v) is 10.0. The lowest BCUT2D eigenvalue weighted by molar-refractivity contribution is 0.143. The highest BCUT2D eigenvalue weighted by atomic mass is 32.2. The van der Waals surface area contributed by atoms with E-state index in [2.05, 4.69) is 32.2 Å². The van der Waals surface area contributed by atoms with Crippen molar-refractivity contribution < 1.29 is 17.9 Å². The molecule has 10 heteroatoms. The summed E-state index contributed by atoms with van der Waals surface area (Å²) in [6.45, 7) is 3.44. The zero-order chi connectivity index (χ0) is 23.5. The van der Waals surface area contributed by atoms with Crippen LogP contribution < -0.4 is 15.4 Å². The van der Waals surface area contributed by atoms with Gasteiger partial charge in [0.1, 0.15) is 0 Å². The Morgan fingerprint density at radius 1 is 0.939 bits per heavy atom. The number of ether oxygens (including phenoxy) is 1. The number of aromatic nitrogens is 2. The van der Waals surface area contributed by atoms with Gasteiger partial charge in [-0.15, -0.1) is 0 Å². The SMILES string of the molecule is C[C@H]1CCCOC(=O)NCCCCCCCNS(=O)(=O)c2ccc(cc2)Nc2ncc1cn2. The number of alkyl carbamates (subject to hydrolysis) is 1. The highest BCUT2D eigenvalue weighted by Gasteiger charge is 2.13. The number of carbonyl (C=O) groups excluding carboxylic acids is 1. The van der Waals surface area contributed by atoms with Crippen LogP contribution in [0, 0.1) is 0 Å². The standard InChI is InChI=1S/C23H33N5O4S/c1-18-8-7-15-32-23(29)24-13-5-3-2-4-6-14-27-33(30,31)21-11-9-20(10-12-21)28-22-25-16-19(18)17-26-22/h9-12,16-18,27H,2-8,13-15H2,1H3,(H,24,29)(H,25,26,28)/t18-/m0/s1. The molecule has 3 N–H and O–H groups in total. The van der Waals surface area contributed by atoms with Gasteiger partial charge >= 0.3 is 6.09 Å². The van der Waals surface area contributed by atoms with Crippen molar-refractivity contribution in [3.05, 3.63) is 42.2 Å². The van der Waals surface area contributed by atoms with E-state index >= 15 is 0 Å². The molecule has 3 aliphatic heterocycles. The summed E-state index contributed by atoms with van der Waals surface area (Å²) in [5.41, 5.74) is 1.71. The molecule has 1 amide bonds. The first-order valence-corrected chi connectivity index (χ1v) is 13.0. The lowest BCUT2D eigenvalue weighted by Crippen LogP contribution is -2.25. The van der Waals surface area contributed by atoms with Crippen molar-refractivity contribution in [2.75, 3.05) is 25.0 Å². The Kier molecular flexibility index (Phi) is 9.44. The van der Waals surface area contributed by atoms with Gasteiger partial charge in [0.05, 0.1) is 11.5 Å². The predicted molar refractivity (Wildman–Crippen MR) is 127 cm³/mol. The molecule has 9 nitrogen and oxygen atoms in total. The van der Waals surface area contributed by atoms with Crippen LogP contribution in [0.2, 0.25) is 0 Å². The maximum Gasteiger partial charge on any atom is 0.407 e. The molecule has 0 spiro atoms. The van der Waals surface area contributed by atoms with Crippen LogP contribution >= 0.6 is 0 Å². The van der Waals surface area contributed by atoms with E-state index in [0.29, 0.717) is 31.3 Å². The zero-order valence-electron chi connectivity index (χ0n) is 19.0. The number of rotatable bonds is 0. The molecule has 1 atom stereocenters. The summed E-state index contributed by atoms with van der Waals surface area (Å²) in [4.78, 5) is 20.7. The molecule has 4 heterocycles. The summed E-state index contributed by atoms with van der Waals surface area (Å²) < 4.78 is 32.9. The van der Waals surface area contributed by atoms with Gasteiger partial charge in [-0.05, 0) is 61.4 Å². The molecule has 33 heavy (non-hydrogen) atoms. The first kappa shape index (κ1) is 24.9. The first-order chi connectivity index (χ1) is 15.9. The number of amides is 1. The molecule has 4 bridgehead atoms. The number of nitrogens with zero attached hydrogens (tertiary/aromatic N) is 2. The van der Waals surface area contributed by atoms with Gasteiger partial charge in [0.15, 0.2) is 0 Å². The van der Waals surface area contributed by atoms with Crippen molar-refractivity contribution in [3.63, 3.8) is 0 Å². The molecule has 2 aromatic rings. The average molecular weight is 476 g/mol. The van der Waals surface area contributed by atoms with Gasteiger partial charge in [0, 0.05) is 31.2 Å². The van der Waals surface area contributed by atoms with Crippen molar-refractivity contribution in [2.45, 2.75) is 62.7 Å². The molecule has 1 aromatic carbocycles. The molecular formula is C23H33N5O4S. The third-order valence-electron chi connectivity index (χ3n) is 5.59. The van der Waals surface area contributed by atoms with Crippen molar-refractivity contribution in [1.82, 2.24) is 20.0 Å². The number of benzene rings is 1. The highest BCUT2D eigenvalue weighted by molar-refractivity contribution is 7.89. The molecule has 0 aliphatic carbocycles. The summed E-state index contributed by atoms with van der Waals surface area (Å²) in [5, 5.41) is 5.87. The maximum absolute atomic E-state index is 12.5. The summed E-state index contributed by atoms with van der Waals surface area (Å²) in [6, 6.07) is 6.54. The van der Waals surface area contributed by atoms with Crippen LogP contribution in [-0.2, 0) is 14.8 Å². The van der Waals surface area contributed by atoms with E-state index in [-0.39, 0.29) is 16.9 Å². The molecule has 180 valence electrons. The molecule has 0 unspecified atom stereocenters. The second kappa shape index (κ2) is 12.5. The number of sulfonamides is 1. The smallest absolute Gasteiger partial charge is 0.407 e. The predicted octanol–water partition coefficient (Wildman–Crippen LogP) is 4.07. The van der Waals surface area contributed by atoms with Crippen molar-refractivity contribution >= 4 is 27.8 Å². The van der Waals surface area contributed by atoms with Gasteiger partial charge in [-0.2, -0.15) is 0 Å². The van der Waals surface area contributed by atoms with Crippen molar-refractivity contribution in [1.29, 1.82) is 0 Å². The molecule has 0 saturated carbocycles. The van der Waals surface area contributed by atoms with Gasteiger partial charge in [-0.3, -0.25) is 0 Å². The van der Waals surface area contributed by atoms with E-state index in [1.807, 2.05) is 0 Å². The van der Waals surface area contributed by atoms with Crippen LogP contribution in [-0.4, -0.2) is 44.2 Å². The van der Waals surface area contributed by atoms with Gasteiger partial charge in [-0.1, -0.05) is 26.2 Å². The molecule has 0 radical (unpaired) electrons.